The molecule has 4 nitrogen and oxygen atoms in total. The number of rotatable bonds is 5. The van der Waals surface area contributed by atoms with Crippen molar-refractivity contribution < 1.29 is 9.59 Å². The summed E-state index contributed by atoms with van der Waals surface area (Å²) in [6.45, 7) is 5.56. The minimum atomic E-state index is -0.119. The number of hydrogen-bond acceptors (Lipinski definition) is 3. The predicted octanol–water partition coefficient (Wildman–Crippen LogP) is 3.99. The van der Waals surface area contributed by atoms with Crippen molar-refractivity contribution in [3.8, 4) is 0 Å². The van der Waals surface area contributed by atoms with Gasteiger partial charge in [-0.25, -0.2) is 0 Å². The van der Waals surface area contributed by atoms with Gasteiger partial charge in [0.25, 0.3) is 0 Å². The van der Waals surface area contributed by atoms with Gasteiger partial charge in [-0.2, -0.15) is 0 Å². The van der Waals surface area contributed by atoms with Crippen LogP contribution in [0.5, 0.6) is 0 Å². The van der Waals surface area contributed by atoms with Crippen molar-refractivity contribution in [1.29, 1.82) is 0 Å². The maximum absolute atomic E-state index is 12.0. The fourth-order valence-electron chi connectivity index (χ4n) is 2.14. The highest BCUT2D eigenvalue weighted by molar-refractivity contribution is 8.00. The number of nitrogens with one attached hydrogen (secondary N) is 2. The fourth-order valence-corrected chi connectivity index (χ4v) is 2.95. The van der Waals surface area contributed by atoms with Gasteiger partial charge in [-0.3, -0.25) is 9.59 Å². The van der Waals surface area contributed by atoms with E-state index in [1.807, 2.05) is 19.1 Å². The van der Waals surface area contributed by atoms with Gasteiger partial charge in [0.1, 0.15) is 0 Å². The zero-order valence-corrected chi connectivity index (χ0v) is 14.3. The van der Waals surface area contributed by atoms with E-state index >= 15 is 0 Å². The lowest BCUT2D eigenvalue weighted by molar-refractivity contribution is -0.114. The molecule has 0 fully saturated rings. The molecular weight excluding hydrogens is 308 g/mol. The van der Waals surface area contributed by atoms with E-state index in [4.69, 9.17) is 0 Å². The van der Waals surface area contributed by atoms with E-state index < -0.39 is 0 Å². The van der Waals surface area contributed by atoms with Gasteiger partial charge in [0.2, 0.25) is 11.8 Å². The zero-order chi connectivity index (χ0) is 16.8. The highest BCUT2D eigenvalue weighted by Gasteiger charge is 2.06. The quantitative estimate of drug-likeness (QED) is 0.816. The summed E-state index contributed by atoms with van der Waals surface area (Å²) < 4.78 is 0. The second-order valence-electron chi connectivity index (χ2n) is 5.36. The first-order chi connectivity index (χ1) is 10.9. The lowest BCUT2D eigenvalue weighted by Gasteiger charge is -2.08. The van der Waals surface area contributed by atoms with Crippen molar-refractivity contribution in [3.63, 3.8) is 0 Å². The molecule has 2 rings (SSSR count). The van der Waals surface area contributed by atoms with Crippen LogP contribution >= 0.6 is 11.8 Å². The molecule has 0 aliphatic carbocycles. The van der Waals surface area contributed by atoms with Crippen LogP contribution < -0.4 is 10.6 Å². The summed E-state index contributed by atoms with van der Waals surface area (Å²) in [6, 6.07) is 13.3. The Morgan fingerprint density at radius 2 is 1.57 bits per heavy atom. The smallest absolute Gasteiger partial charge is 0.234 e. The fraction of sp³-hybridized carbons (Fsp3) is 0.222. The molecule has 0 heterocycles. The van der Waals surface area contributed by atoms with E-state index in [0.717, 1.165) is 4.90 Å². The Kier molecular flexibility index (Phi) is 5.82. The molecule has 120 valence electrons. The predicted molar refractivity (Wildman–Crippen MR) is 96.0 cm³/mol. The number of benzene rings is 2. The molecule has 0 saturated carbocycles. The molecule has 2 amide bonds. The minimum absolute atomic E-state index is 0.0535. The first kappa shape index (κ1) is 17.1. The number of carbonyl (C=O) groups excluding carboxylic acids is 2. The monoisotopic (exact) mass is 328 g/mol. The van der Waals surface area contributed by atoms with Crippen LogP contribution in [0.25, 0.3) is 0 Å². The van der Waals surface area contributed by atoms with Gasteiger partial charge < -0.3 is 10.6 Å². The molecule has 2 aromatic rings. The van der Waals surface area contributed by atoms with Crippen LogP contribution in [0.4, 0.5) is 11.4 Å². The second kappa shape index (κ2) is 7.83. The minimum Gasteiger partial charge on any atom is -0.326 e. The third kappa shape index (κ3) is 5.45. The largest absolute Gasteiger partial charge is 0.326 e. The van der Waals surface area contributed by atoms with Crippen LogP contribution in [0, 0.1) is 13.8 Å². The van der Waals surface area contributed by atoms with Gasteiger partial charge in [0.15, 0.2) is 0 Å². The third-order valence-electron chi connectivity index (χ3n) is 3.18. The molecule has 0 unspecified atom stereocenters. The molecular formula is C18H20N2O2S. The molecule has 0 bridgehead atoms. The average Bonchev–Trinajstić information content (AvgIpc) is 2.48. The van der Waals surface area contributed by atoms with Crippen molar-refractivity contribution in [2.45, 2.75) is 25.7 Å². The van der Waals surface area contributed by atoms with Gasteiger partial charge in [-0.15, -0.1) is 11.8 Å². The van der Waals surface area contributed by atoms with E-state index in [9.17, 15) is 9.59 Å². The Balaban J connectivity index is 1.88. The highest BCUT2D eigenvalue weighted by atomic mass is 32.2. The third-order valence-corrected chi connectivity index (χ3v) is 4.35. The summed E-state index contributed by atoms with van der Waals surface area (Å²) in [5.74, 6) is 0.186. The van der Waals surface area contributed by atoms with Crippen LogP contribution in [-0.4, -0.2) is 17.6 Å². The normalized spacial score (nSPS) is 10.2. The maximum atomic E-state index is 12.0. The zero-order valence-electron chi connectivity index (χ0n) is 13.5. The number of amides is 2. The number of thioether (sulfide) groups is 1. The molecule has 0 aliphatic rings. The molecule has 0 radical (unpaired) electrons. The van der Waals surface area contributed by atoms with Gasteiger partial charge in [-0.1, -0.05) is 17.7 Å². The highest BCUT2D eigenvalue weighted by Crippen LogP contribution is 2.23. The average molecular weight is 328 g/mol. The Morgan fingerprint density at radius 1 is 0.957 bits per heavy atom. The lowest BCUT2D eigenvalue weighted by atomic mass is 10.2. The summed E-state index contributed by atoms with van der Waals surface area (Å²) in [7, 11) is 0. The van der Waals surface area contributed by atoms with Crippen molar-refractivity contribution >= 4 is 35.0 Å². The van der Waals surface area contributed by atoms with Gasteiger partial charge >= 0.3 is 0 Å². The molecule has 0 aliphatic heterocycles. The Labute approximate surface area is 140 Å². The van der Waals surface area contributed by atoms with E-state index in [2.05, 4.69) is 23.6 Å². The summed E-state index contributed by atoms with van der Waals surface area (Å²) in [5.41, 5.74) is 3.82. The summed E-state index contributed by atoms with van der Waals surface area (Å²) in [5, 5.41) is 5.54. The van der Waals surface area contributed by atoms with Gasteiger partial charge in [0.05, 0.1) is 5.75 Å². The van der Waals surface area contributed by atoms with Crippen LogP contribution in [0.2, 0.25) is 0 Å². The molecule has 23 heavy (non-hydrogen) atoms. The first-order valence-electron chi connectivity index (χ1n) is 7.31. The van der Waals surface area contributed by atoms with Crippen LogP contribution in [0.1, 0.15) is 18.1 Å². The molecule has 5 heteroatoms. The first-order valence-corrected chi connectivity index (χ1v) is 8.30. The van der Waals surface area contributed by atoms with Crippen molar-refractivity contribution in [1.82, 2.24) is 0 Å². The van der Waals surface area contributed by atoms with E-state index in [0.29, 0.717) is 17.1 Å². The second-order valence-corrected chi connectivity index (χ2v) is 6.38. The van der Waals surface area contributed by atoms with Crippen LogP contribution in [0.3, 0.4) is 0 Å². The molecule has 0 atom stereocenters. The lowest BCUT2D eigenvalue weighted by Crippen LogP contribution is -2.14. The number of aryl methyl sites for hydroxylation is 2. The standard InChI is InChI=1S/C18H20N2O2S/c1-12-4-9-17(13(2)10-12)23-11-18(22)20-16-7-5-15(6-8-16)19-14(3)21/h4-10H,11H2,1-3H3,(H,19,21)(H,20,22). The van der Waals surface area contributed by atoms with Crippen LogP contribution in [0.15, 0.2) is 47.4 Å². The van der Waals surface area contributed by atoms with Crippen molar-refractivity contribution in [3.05, 3.63) is 53.6 Å². The van der Waals surface area contributed by atoms with Crippen molar-refractivity contribution in [2.24, 2.45) is 0 Å². The molecule has 0 spiro atoms. The summed E-state index contributed by atoms with van der Waals surface area (Å²) >= 11 is 1.53. The van der Waals surface area contributed by atoms with Gasteiger partial charge in [-0.05, 0) is 49.7 Å². The van der Waals surface area contributed by atoms with Crippen LogP contribution in [-0.2, 0) is 9.59 Å². The van der Waals surface area contributed by atoms with Crippen molar-refractivity contribution in [2.75, 3.05) is 16.4 Å². The number of hydrogen-bond donors (Lipinski definition) is 2. The molecule has 2 N–H and O–H groups in total. The SMILES string of the molecule is CC(=O)Nc1ccc(NC(=O)CSc2ccc(C)cc2C)cc1. The number of carbonyl (C=O) groups is 2. The Hall–Kier alpha value is -2.27. The molecule has 2 aromatic carbocycles. The van der Waals surface area contributed by atoms with E-state index in [1.54, 1.807) is 24.3 Å². The number of anilines is 2. The Bertz CT molecular complexity index is 711. The van der Waals surface area contributed by atoms with Gasteiger partial charge in [0, 0.05) is 23.2 Å². The summed E-state index contributed by atoms with van der Waals surface area (Å²) in [6.07, 6.45) is 0. The summed E-state index contributed by atoms with van der Waals surface area (Å²) in [4.78, 5) is 24.1. The molecule has 0 aromatic heterocycles. The topological polar surface area (TPSA) is 58.2 Å². The Morgan fingerprint density at radius 3 is 2.13 bits per heavy atom. The van der Waals surface area contributed by atoms with E-state index in [1.165, 1.54) is 29.8 Å². The maximum Gasteiger partial charge on any atom is 0.234 e. The van der Waals surface area contributed by atoms with E-state index in [-0.39, 0.29) is 11.8 Å². The molecule has 0 saturated heterocycles.